The molecule has 4 rings (SSSR count). The van der Waals surface area contributed by atoms with Gasteiger partial charge in [-0.15, -0.1) is 0 Å². The van der Waals surface area contributed by atoms with E-state index < -0.39 is 0 Å². The minimum Gasteiger partial charge on any atom is -0.328 e. The van der Waals surface area contributed by atoms with Gasteiger partial charge in [0.15, 0.2) is 0 Å². The quantitative estimate of drug-likeness (QED) is 0.781. The van der Waals surface area contributed by atoms with Crippen LogP contribution in [0.3, 0.4) is 0 Å². The molecule has 1 saturated heterocycles. The van der Waals surface area contributed by atoms with Crippen LogP contribution < -0.4 is 10.5 Å². The molecule has 5 nitrogen and oxygen atoms in total. The number of amides is 1. The molecule has 3 aromatic rings. The SMILES string of the molecule is Cc1cc(-c2ccc(=O)[nH]c2)nc2cc(N3C(=O)CCC3C)ccc12. The van der Waals surface area contributed by atoms with Crippen LogP contribution in [0.15, 0.2) is 47.4 Å². The van der Waals surface area contributed by atoms with Crippen molar-refractivity contribution in [2.24, 2.45) is 0 Å². The monoisotopic (exact) mass is 333 g/mol. The molecule has 25 heavy (non-hydrogen) atoms. The molecule has 0 bridgehead atoms. The number of rotatable bonds is 2. The number of pyridine rings is 2. The molecule has 5 heteroatoms. The Morgan fingerprint density at radius 2 is 2.00 bits per heavy atom. The molecule has 1 aromatic carbocycles. The normalized spacial score (nSPS) is 17.4. The molecule has 1 aliphatic heterocycles. The number of anilines is 1. The molecule has 1 atom stereocenters. The molecule has 0 spiro atoms. The largest absolute Gasteiger partial charge is 0.328 e. The Morgan fingerprint density at radius 1 is 1.16 bits per heavy atom. The highest BCUT2D eigenvalue weighted by Gasteiger charge is 2.28. The van der Waals surface area contributed by atoms with Gasteiger partial charge in [0.25, 0.3) is 0 Å². The van der Waals surface area contributed by atoms with Gasteiger partial charge in [0.1, 0.15) is 0 Å². The number of aryl methyl sites for hydroxylation is 1. The molecule has 1 aliphatic rings. The van der Waals surface area contributed by atoms with Crippen molar-refractivity contribution in [1.29, 1.82) is 0 Å². The van der Waals surface area contributed by atoms with Crippen LogP contribution >= 0.6 is 0 Å². The first-order valence-corrected chi connectivity index (χ1v) is 8.45. The fourth-order valence-electron chi connectivity index (χ4n) is 3.48. The number of nitrogens with zero attached hydrogens (tertiary/aromatic N) is 2. The van der Waals surface area contributed by atoms with Crippen molar-refractivity contribution in [3.63, 3.8) is 0 Å². The fourth-order valence-corrected chi connectivity index (χ4v) is 3.48. The molecule has 1 N–H and O–H groups in total. The molecule has 1 amide bonds. The number of aromatic nitrogens is 2. The standard InChI is InChI=1S/C20H19N3O2/c1-12-9-17(14-4-7-19(24)21-11-14)22-18-10-15(5-6-16(12)18)23-13(2)3-8-20(23)25/h4-7,9-11,13H,3,8H2,1-2H3,(H,21,24). The number of H-pyrrole nitrogens is 1. The zero-order valence-electron chi connectivity index (χ0n) is 14.2. The highest BCUT2D eigenvalue weighted by Crippen LogP contribution is 2.31. The summed E-state index contributed by atoms with van der Waals surface area (Å²) in [7, 11) is 0. The summed E-state index contributed by atoms with van der Waals surface area (Å²) in [5.41, 5.74) is 4.39. The van der Waals surface area contributed by atoms with Crippen LogP contribution in [0.2, 0.25) is 0 Å². The lowest BCUT2D eigenvalue weighted by Gasteiger charge is -2.22. The Morgan fingerprint density at radius 3 is 2.68 bits per heavy atom. The number of fused-ring (bicyclic) bond motifs is 1. The lowest BCUT2D eigenvalue weighted by molar-refractivity contribution is -0.117. The van der Waals surface area contributed by atoms with Gasteiger partial charge in [-0.2, -0.15) is 0 Å². The van der Waals surface area contributed by atoms with Crippen LogP contribution in [0, 0.1) is 6.92 Å². The summed E-state index contributed by atoms with van der Waals surface area (Å²) in [5.74, 6) is 0.167. The average Bonchev–Trinajstić information content (AvgIpc) is 2.93. The first kappa shape index (κ1) is 15.6. The second-order valence-corrected chi connectivity index (χ2v) is 6.62. The van der Waals surface area contributed by atoms with E-state index in [2.05, 4.69) is 11.9 Å². The predicted octanol–water partition coefficient (Wildman–Crippen LogP) is 3.41. The van der Waals surface area contributed by atoms with Gasteiger partial charge in [-0.3, -0.25) is 9.59 Å². The Balaban J connectivity index is 1.84. The topological polar surface area (TPSA) is 66.1 Å². The van der Waals surface area contributed by atoms with E-state index in [1.165, 1.54) is 6.07 Å². The molecule has 0 saturated carbocycles. The maximum atomic E-state index is 12.2. The first-order chi connectivity index (χ1) is 12.0. The van der Waals surface area contributed by atoms with Gasteiger partial charge in [-0.05, 0) is 50.1 Å². The molecule has 1 unspecified atom stereocenters. The molecule has 3 heterocycles. The number of nitrogens with one attached hydrogen (secondary N) is 1. The third-order valence-electron chi connectivity index (χ3n) is 4.84. The number of carbonyl (C=O) groups is 1. The molecule has 1 fully saturated rings. The number of hydrogen-bond donors (Lipinski definition) is 1. The Hall–Kier alpha value is -2.95. The van der Waals surface area contributed by atoms with Crippen molar-refractivity contribution in [3.05, 3.63) is 58.5 Å². The van der Waals surface area contributed by atoms with Gasteiger partial charge < -0.3 is 9.88 Å². The van der Waals surface area contributed by atoms with Gasteiger partial charge >= 0.3 is 0 Å². The minimum atomic E-state index is -0.134. The van der Waals surface area contributed by atoms with Crippen molar-refractivity contribution in [1.82, 2.24) is 9.97 Å². The van der Waals surface area contributed by atoms with Crippen molar-refractivity contribution in [2.75, 3.05) is 4.90 Å². The van der Waals surface area contributed by atoms with Crippen molar-refractivity contribution < 1.29 is 4.79 Å². The summed E-state index contributed by atoms with van der Waals surface area (Å²) < 4.78 is 0. The highest BCUT2D eigenvalue weighted by molar-refractivity contribution is 5.98. The number of carbonyl (C=O) groups excluding carboxylic acids is 1. The second kappa shape index (κ2) is 5.84. The number of aromatic amines is 1. The average molecular weight is 333 g/mol. The summed E-state index contributed by atoms with van der Waals surface area (Å²) in [6, 6.07) is 11.5. The fraction of sp³-hybridized carbons (Fsp3) is 0.250. The summed E-state index contributed by atoms with van der Waals surface area (Å²) in [4.78, 5) is 32.8. The smallest absolute Gasteiger partial charge is 0.247 e. The molecular formula is C20H19N3O2. The lowest BCUT2D eigenvalue weighted by Crippen LogP contribution is -2.30. The maximum absolute atomic E-state index is 12.2. The Labute approximate surface area is 145 Å². The van der Waals surface area contributed by atoms with Gasteiger partial charge in [0, 0.05) is 41.4 Å². The van der Waals surface area contributed by atoms with Crippen molar-refractivity contribution in [3.8, 4) is 11.3 Å². The second-order valence-electron chi connectivity index (χ2n) is 6.62. The summed E-state index contributed by atoms with van der Waals surface area (Å²) in [6.07, 6.45) is 3.16. The van der Waals surface area contributed by atoms with E-state index in [1.807, 2.05) is 36.1 Å². The number of benzene rings is 1. The highest BCUT2D eigenvalue weighted by atomic mass is 16.2. The molecule has 126 valence electrons. The van der Waals surface area contributed by atoms with E-state index in [0.717, 1.165) is 39.8 Å². The van der Waals surface area contributed by atoms with E-state index in [1.54, 1.807) is 12.3 Å². The summed E-state index contributed by atoms with van der Waals surface area (Å²) in [5, 5.41) is 1.07. The van der Waals surface area contributed by atoms with E-state index in [0.29, 0.717) is 6.42 Å². The third kappa shape index (κ3) is 2.71. The third-order valence-corrected chi connectivity index (χ3v) is 4.84. The molecule has 0 radical (unpaired) electrons. The number of hydrogen-bond acceptors (Lipinski definition) is 3. The van der Waals surface area contributed by atoms with Crippen molar-refractivity contribution in [2.45, 2.75) is 32.7 Å². The Kier molecular flexibility index (Phi) is 3.64. The van der Waals surface area contributed by atoms with Crippen LogP contribution in [-0.2, 0) is 4.79 Å². The van der Waals surface area contributed by atoms with E-state index in [4.69, 9.17) is 4.98 Å². The molecule has 0 aliphatic carbocycles. The summed E-state index contributed by atoms with van der Waals surface area (Å²) in [6.45, 7) is 4.12. The zero-order valence-corrected chi connectivity index (χ0v) is 14.2. The van der Waals surface area contributed by atoms with E-state index in [-0.39, 0.29) is 17.5 Å². The van der Waals surface area contributed by atoms with Crippen molar-refractivity contribution >= 4 is 22.5 Å². The predicted molar refractivity (Wildman–Crippen MR) is 98.7 cm³/mol. The van der Waals surface area contributed by atoms with Gasteiger partial charge in [0.05, 0.1) is 11.2 Å². The molecular weight excluding hydrogens is 314 g/mol. The van der Waals surface area contributed by atoms with Crippen LogP contribution in [0.4, 0.5) is 5.69 Å². The summed E-state index contributed by atoms with van der Waals surface area (Å²) >= 11 is 0. The van der Waals surface area contributed by atoms with Crippen LogP contribution in [0.1, 0.15) is 25.3 Å². The maximum Gasteiger partial charge on any atom is 0.247 e. The van der Waals surface area contributed by atoms with Gasteiger partial charge in [-0.1, -0.05) is 6.07 Å². The first-order valence-electron chi connectivity index (χ1n) is 8.45. The van der Waals surface area contributed by atoms with Crippen LogP contribution in [0.25, 0.3) is 22.2 Å². The zero-order chi connectivity index (χ0) is 17.6. The van der Waals surface area contributed by atoms with Gasteiger partial charge in [-0.25, -0.2) is 4.98 Å². The van der Waals surface area contributed by atoms with Crippen LogP contribution in [-0.4, -0.2) is 21.9 Å². The van der Waals surface area contributed by atoms with Crippen LogP contribution in [0.5, 0.6) is 0 Å². The van der Waals surface area contributed by atoms with E-state index >= 15 is 0 Å². The Bertz CT molecular complexity index is 1020. The minimum absolute atomic E-state index is 0.134. The lowest BCUT2D eigenvalue weighted by atomic mass is 10.1. The van der Waals surface area contributed by atoms with E-state index in [9.17, 15) is 9.59 Å². The molecule has 2 aromatic heterocycles. The van der Waals surface area contributed by atoms with Gasteiger partial charge in [0.2, 0.25) is 11.5 Å².